The Labute approximate surface area is 177 Å². The van der Waals surface area contributed by atoms with E-state index in [1.165, 1.54) is 19.3 Å². The van der Waals surface area contributed by atoms with Crippen LogP contribution in [0.5, 0.6) is 5.75 Å². The van der Waals surface area contributed by atoms with Crippen LogP contribution in [0.1, 0.15) is 11.1 Å². The maximum atomic E-state index is 12.5. The molecule has 3 aromatic carbocycles. The fourth-order valence-electron chi connectivity index (χ4n) is 3.39. The molecule has 4 aromatic rings. The lowest BCUT2D eigenvalue weighted by Crippen LogP contribution is -2.09. The standard InChI is InChI=1S/C25H17NO5/c1-29-20-7-4-5-16(12-20)11-18(14-26)25(28)30-15-19-13-23(27)31-22-10-9-17-6-2-3-8-21(17)24(19)22/h2-13H,15H2,1H3/b18-11+. The van der Waals surface area contributed by atoms with Crippen molar-refractivity contribution in [1.82, 2.24) is 0 Å². The minimum absolute atomic E-state index is 0.162. The Hall–Kier alpha value is -4.37. The highest BCUT2D eigenvalue weighted by Gasteiger charge is 2.15. The van der Waals surface area contributed by atoms with Gasteiger partial charge in [-0.3, -0.25) is 0 Å². The van der Waals surface area contributed by atoms with Gasteiger partial charge in [-0.2, -0.15) is 5.26 Å². The highest BCUT2D eigenvalue weighted by Crippen LogP contribution is 2.28. The normalized spacial score (nSPS) is 11.3. The van der Waals surface area contributed by atoms with E-state index in [-0.39, 0.29) is 12.2 Å². The molecular weight excluding hydrogens is 394 g/mol. The van der Waals surface area contributed by atoms with Gasteiger partial charge in [0.2, 0.25) is 0 Å². The zero-order valence-corrected chi connectivity index (χ0v) is 16.6. The summed E-state index contributed by atoms with van der Waals surface area (Å²) in [6, 6.07) is 21.4. The van der Waals surface area contributed by atoms with Gasteiger partial charge in [0.15, 0.2) is 0 Å². The first kappa shape index (κ1) is 19.9. The van der Waals surface area contributed by atoms with Gasteiger partial charge in [-0.1, -0.05) is 42.5 Å². The number of esters is 1. The first-order valence-electron chi connectivity index (χ1n) is 9.46. The van der Waals surface area contributed by atoms with Crippen LogP contribution in [0.3, 0.4) is 0 Å². The molecule has 1 heterocycles. The second-order valence-corrected chi connectivity index (χ2v) is 6.77. The van der Waals surface area contributed by atoms with E-state index in [1.807, 2.05) is 36.4 Å². The van der Waals surface area contributed by atoms with Crippen molar-refractivity contribution in [1.29, 1.82) is 5.26 Å². The van der Waals surface area contributed by atoms with Crippen LogP contribution in [0.2, 0.25) is 0 Å². The molecule has 0 fully saturated rings. The van der Waals surface area contributed by atoms with Crippen molar-refractivity contribution in [2.24, 2.45) is 0 Å². The number of nitriles is 1. The van der Waals surface area contributed by atoms with Gasteiger partial charge in [0.25, 0.3) is 0 Å². The van der Waals surface area contributed by atoms with Crippen LogP contribution in [0.4, 0.5) is 0 Å². The Bertz CT molecular complexity index is 1430. The van der Waals surface area contributed by atoms with E-state index in [9.17, 15) is 14.9 Å². The van der Waals surface area contributed by atoms with Gasteiger partial charge in [0.1, 0.15) is 29.6 Å². The van der Waals surface area contributed by atoms with E-state index in [2.05, 4.69) is 0 Å². The summed E-state index contributed by atoms with van der Waals surface area (Å²) >= 11 is 0. The molecule has 0 aliphatic rings. The summed E-state index contributed by atoms with van der Waals surface area (Å²) in [5, 5.41) is 12.0. The maximum Gasteiger partial charge on any atom is 0.349 e. The van der Waals surface area contributed by atoms with Gasteiger partial charge in [0, 0.05) is 17.0 Å². The molecule has 4 rings (SSSR count). The third-order valence-electron chi connectivity index (χ3n) is 4.82. The summed E-state index contributed by atoms with van der Waals surface area (Å²) in [7, 11) is 1.53. The van der Waals surface area contributed by atoms with E-state index in [0.717, 1.165) is 10.8 Å². The molecule has 152 valence electrons. The first-order valence-corrected chi connectivity index (χ1v) is 9.46. The molecule has 31 heavy (non-hydrogen) atoms. The fraction of sp³-hybridized carbons (Fsp3) is 0.0800. The number of rotatable bonds is 5. The third-order valence-corrected chi connectivity index (χ3v) is 4.82. The van der Waals surface area contributed by atoms with Crippen LogP contribution >= 0.6 is 0 Å². The number of nitrogens with zero attached hydrogens (tertiary/aromatic N) is 1. The molecule has 1 aromatic heterocycles. The van der Waals surface area contributed by atoms with Gasteiger partial charge in [-0.25, -0.2) is 9.59 Å². The second-order valence-electron chi connectivity index (χ2n) is 6.77. The Balaban J connectivity index is 1.66. The zero-order valence-electron chi connectivity index (χ0n) is 16.6. The summed E-state index contributed by atoms with van der Waals surface area (Å²) in [5.41, 5.74) is 0.844. The average Bonchev–Trinajstić information content (AvgIpc) is 2.80. The minimum atomic E-state index is -0.785. The number of carbonyl (C=O) groups excluding carboxylic acids is 1. The van der Waals surface area contributed by atoms with Gasteiger partial charge in [-0.05, 0) is 40.6 Å². The van der Waals surface area contributed by atoms with Crippen LogP contribution in [0.25, 0.3) is 27.8 Å². The molecule has 6 nitrogen and oxygen atoms in total. The molecule has 0 spiro atoms. The number of ether oxygens (including phenoxy) is 2. The molecule has 0 radical (unpaired) electrons. The number of hydrogen-bond donors (Lipinski definition) is 0. The second kappa shape index (κ2) is 8.56. The first-order chi connectivity index (χ1) is 15.1. The average molecular weight is 411 g/mol. The van der Waals surface area contributed by atoms with Crippen molar-refractivity contribution in [2.75, 3.05) is 7.11 Å². The molecule has 0 amide bonds. The summed E-state index contributed by atoms with van der Waals surface area (Å²) < 4.78 is 15.9. The molecule has 0 N–H and O–H groups in total. The number of fused-ring (bicyclic) bond motifs is 3. The SMILES string of the molecule is COc1cccc(/C=C(\C#N)C(=O)OCc2cc(=O)oc3ccc4ccccc4c23)c1. The number of methoxy groups -OCH3 is 1. The zero-order chi connectivity index (χ0) is 21.8. The van der Waals surface area contributed by atoms with E-state index in [1.54, 1.807) is 30.3 Å². The smallest absolute Gasteiger partial charge is 0.349 e. The Kier molecular flexibility index (Phi) is 5.50. The summed E-state index contributed by atoms with van der Waals surface area (Å²) in [6.45, 7) is -0.175. The van der Waals surface area contributed by atoms with Crippen molar-refractivity contribution in [2.45, 2.75) is 6.61 Å². The van der Waals surface area contributed by atoms with Crippen LogP contribution in [-0.2, 0) is 16.1 Å². The lowest BCUT2D eigenvalue weighted by atomic mass is 10.0. The lowest BCUT2D eigenvalue weighted by molar-refractivity contribution is -0.139. The quantitative estimate of drug-likeness (QED) is 0.157. The van der Waals surface area contributed by atoms with E-state index < -0.39 is 11.6 Å². The van der Waals surface area contributed by atoms with E-state index >= 15 is 0 Å². The van der Waals surface area contributed by atoms with Crippen molar-refractivity contribution < 1.29 is 18.7 Å². The predicted molar refractivity (Wildman–Crippen MR) is 116 cm³/mol. The van der Waals surface area contributed by atoms with Crippen LogP contribution in [0, 0.1) is 11.3 Å². The highest BCUT2D eigenvalue weighted by atomic mass is 16.5. The number of hydrogen-bond acceptors (Lipinski definition) is 6. The molecule has 0 bridgehead atoms. The number of benzene rings is 3. The largest absolute Gasteiger partial charge is 0.497 e. The molecule has 0 aliphatic carbocycles. The van der Waals surface area contributed by atoms with Gasteiger partial charge in [0.05, 0.1) is 7.11 Å². The predicted octanol–water partition coefficient (Wildman–Crippen LogP) is 4.61. The molecular formula is C25H17NO5. The lowest BCUT2D eigenvalue weighted by Gasteiger charge is -2.09. The summed E-state index contributed by atoms with van der Waals surface area (Å²) in [6.07, 6.45) is 1.43. The van der Waals surface area contributed by atoms with E-state index in [4.69, 9.17) is 13.9 Å². The minimum Gasteiger partial charge on any atom is -0.497 e. The maximum absolute atomic E-state index is 12.5. The topological polar surface area (TPSA) is 89.5 Å². The third kappa shape index (κ3) is 4.16. The van der Waals surface area contributed by atoms with Gasteiger partial charge in [-0.15, -0.1) is 0 Å². The van der Waals surface area contributed by atoms with Gasteiger partial charge < -0.3 is 13.9 Å². The molecule has 6 heteroatoms. The summed E-state index contributed by atoms with van der Waals surface area (Å²) in [4.78, 5) is 24.5. The molecule has 0 aliphatic heterocycles. The van der Waals surface area contributed by atoms with E-state index in [0.29, 0.717) is 27.8 Å². The van der Waals surface area contributed by atoms with Crippen molar-refractivity contribution in [3.8, 4) is 11.8 Å². The Morgan fingerprint density at radius 1 is 1.10 bits per heavy atom. The fourth-order valence-corrected chi connectivity index (χ4v) is 3.39. The molecule has 0 unspecified atom stereocenters. The summed E-state index contributed by atoms with van der Waals surface area (Å²) in [5.74, 6) is -0.180. The molecule has 0 atom stereocenters. The van der Waals surface area contributed by atoms with Crippen molar-refractivity contribution in [3.05, 3.63) is 93.9 Å². The van der Waals surface area contributed by atoms with Crippen molar-refractivity contribution in [3.63, 3.8) is 0 Å². The van der Waals surface area contributed by atoms with Gasteiger partial charge >= 0.3 is 11.6 Å². The number of carbonyl (C=O) groups is 1. The Morgan fingerprint density at radius 3 is 2.74 bits per heavy atom. The molecule has 0 saturated carbocycles. The Morgan fingerprint density at radius 2 is 1.94 bits per heavy atom. The van der Waals surface area contributed by atoms with Crippen molar-refractivity contribution >= 4 is 33.8 Å². The monoisotopic (exact) mass is 411 g/mol. The van der Waals surface area contributed by atoms with Crippen LogP contribution < -0.4 is 10.4 Å². The highest BCUT2D eigenvalue weighted by molar-refractivity contribution is 6.07. The van der Waals surface area contributed by atoms with Crippen LogP contribution in [-0.4, -0.2) is 13.1 Å². The van der Waals surface area contributed by atoms with Crippen LogP contribution in [0.15, 0.2) is 81.5 Å². The molecule has 0 saturated heterocycles.